The number of pyridine rings is 1. The molecule has 0 spiro atoms. The number of benzene rings is 2. The Morgan fingerprint density at radius 2 is 1.79 bits per heavy atom. The van der Waals surface area contributed by atoms with E-state index in [1.165, 1.54) is 0 Å². The molecule has 8 nitrogen and oxygen atoms in total. The Morgan fingerprint density at radius 1 is 1.05 bits per heavy atom. The van der Waals surface area contributed by atoms with Crippen molar-refractivity contribution in [3.05, 3.63) is 100 Å². The molecule has 39 heavy (non-hydrogen) atoms. The van der Waals surface area contributed by atoms with Gasteiger partial charge in [0.2, 0.25) is 5.91 Å². The molecule has 2 aromatic carbocycles. The van der Waals surface area contributed by atoms with Crippen LogP contribution < -0.4 is 10.6 Å². The summed E-state index contributed by atoms with van der Waals surface area (Å²) in [4.78, 5) is 38.1. The van der Waals surface area contributed by atoms with Gasteiger partial charge in [0.25, 0.3) is 0 Å². The summed E-state index contributed by atoms with van der Waals surface area (Å²) in [5, 5.41) is 0. The summed E-state index contributed by atoms with van der Waals surface area (Å²) in [6, 6.07) is 20.4. The first-order valence-corrected chi connectivity index (χ1v) is 13.6. The van der Waals surface area contributed by atoms with Crippen molar-refractivity contribution < 1.29 is 4.79 Å². The summed E-state index contributed by atoms with van der Waals surface area (Å²) in [5.74, 6) is 0.00323. The van der Waals surface area contributed by atoms with Crippen LogP contribution in [0, 0.1) is 6.92 Å². The predicted octanol–water partition coefficient (Wildman–Crippen LogP) is 4.74. The van der Waals surface area contributed by atoms with Crippen molar-refractivity contribution in [2.24, 2.45) is 0 Å². The van der Waals surface area contributed by atoms with Crippen molar-refractivity contribution in [3.63, 3.8) is 0 Å². The lowest BCUT2D eigenvalue weighted by atomic mass is 9.91. The number of carbonyl (C=O) groups excluding carboxylic acids is 1. The maximum atomic E-state index is 13.7. The number of imidazole rings is 2. The number of likely N-dealkylation sites (tertiary alicyclic amines) is 1. The summed E-state index contributed by atoms with van der Waals surface area (Å²) in [5.41, 5.74) is 6.95. The smallest absolute Gasteiger partial charge is 0.326 e. The van der Waals surface area contributed by atoms with Gasteiger partial charge in [-0.1, -0.05) is 30.3 Å². The highest BCUT2D eigenvalue weighted by Crippen LogP contribution is 2.32. The number of fused-ring (bicyclic) bond motifs is 2. The molecule has 1 N–H and O–H groups in total. The highest BCUT2D eigenvalue weighted by Gasteiger charge is 2.29. The van der Waals surface area contributed by atoms with E-state index < -0.39 is 0 Å². The SMILES string of the molecule is Cc1cccn2c(C(CC(=O)N3CCC(n4c(=O)[nH]c5ccccc54)CC3)c3ccc(N(C)C)cc3)cnc12. The summed E-state index contributed by atoms with van der Waals surface area (Å²) in [7, 11) is 4.05. The van der Waals surface area contributed by atoms with E-state index in [-0.39, 0.29) is 23.6 Å². The molecule has 5 aromatic rings. The molecular formula is C31H34N6O2. The van der Waals surface area contributed by atoms with Crippen LogP contribution in [0.3, 0.4) is 0 Å². The minimum Gasteiger partial charge on any atom is -0.378 e. The number of hydrogen-bond acceptors (Lipinski definition) is 4. The molecule has 1 atom stereocenters. The molecule has 3 aromatic heterocycles. The molecule has 0 aliphatic carbocycles. The topological polar surface area (TPSA) is 78.6 Å². The molecule has 6 rings (SSSR count). The average molecular weight is 523 g/mol. The van der Waals surface area contributed by atoms with Gasteiger partial charge < -0.3 is 19.2 Å². The van der Waals surface area contributed by atoms with E-state index in [1.54, 1.807) is 0 Å². The van der Waals surface area contributed by atoms with Crippen LogP contribution in [0.25, 0.3) is 16.7 Å². The number of H-pyrrole nitrogens is 1. The van der Waals surface area contributed by atoms with Gasteiger partial charge in [-0.2, -0.15) is 0 Å². The molecule has 4 heterocycles. The lowest BCUT2D eigenvalue weighted by molar-refractivity contribution is -0.132. The molecule has 0 radical (unpaired) electrons. The molecule has 8 heteroatoms. The Bertz CT molecular complexity index is 1690. The molecule has 1 unspecified atom stereocenters. The highest BCUT2D eigenvalue weighted by atomic mass is 16.2. The van der Waals surface area contributed by atoms with Crippen LogP contribution in [0.4, 0.5) is 5.69 Å². The molecule has 1 aliphatic rings. The maximum absolute atomic E-state index is 13.7. The van der Waals surface area contributed by atoms with E-state index in [4.69, 9.17) is 4.98 Å². The second-order valence-electron chi connectivity index (χ2n) is 10.7. The first-order chi connectivity index (χ1) is 18.9. The molecule has 1 amide bonds. The van der Waals surface area contributed by atoms with E-state index in [1.807, 2.05) is 66.3 Å². The number of anilines is 1. The Labute approximate surface area is 227 Å². The average Bonchev–Trinajstić information content (AvgIpc) is 3.53. The number of piperidine rings is 1. The van der Waals surface area contributed by atoms with E-state index in [0.29, 0.717) is 19.5 Å². The molecule has 1 fully saturated rings. The Balaban J connectivity index is 1.25. The normalized spacial score (nSPS) is 15.2. The van der Waals surface area contributed by atoms with E-state index >= 15 is 0 Å². The second-order valence-corrected chi connectivity index (χ2v) is 10.7. The number of nitrogens with zero attached hydrogens (tertiary/aromatic N) is 5. The van der Waals surface area contributed by atoms with Gasteiger partial charge in [-0.15, -0.1) is 0 Å². The minimum absolute atomic E-state index is 0.0776. The third-order valence-corrected chi connectivity index (χ3v) is 8.11. The van der Waals surface area contributed by atoms with Crippen LogP contribution >= 0.6 is 0 Å². The van der Waals surface area contributed by atoms with Crippen LogP contribution in [0.1, 0.15) is 48.0 Å². The second kappa shape index (κ2) is 10.1. The fourth-order valence-electron chi connectivity index (χ4n) is 5.94. The molecule has 0 saturated carbocycles. The summed E-state index contributed by atoms with van der Waals surface area (Å²) >= 11 is 0. The van der Waals surface area contributed by atoms with Gasteiger partial charge in [0.15, 0.2) is 0 Å². The van der Waals surface area contributed by atoms with Crippen LogP contribution in [0.5, 0.6) is 0 Å². The van der Waals surface area contributed by atoms with Crippen LogP contribution in [0.2, 0.25) is 0 Å². The van der Waals surface area contributed by atoms with Crippen LogP contribution in [0.15, 0.2) is 77.9 Å². The quantitative estimate of drug-likeness (QED) is 0.350. The number of para-hydroxylation sites is 2. The van der Waals surface area contributed by atoms with E-state index in [9.17, 15) is 9.59 Å². The Hall–Kier alpha value is -4.33. The van der Waals surface area contributed by atoms with Gasteiger partial charge in [0.05, 0.1) is 16.7 Å². The standard InChI is InChI=1S/C31H34N6O2/c1-21-7-6-16-36-28(20-32-30(21)36)25(22-10-12-23(13-11-22)34(2)3)19-29(38)35-17-14-24(15-18-35)37-27-9-5-4-8-26(27)33-31(37)39/h4-13,16,20,24-25H,14-15,17-19H2,1-3H3,(H,33,39). The number of rotatable bonds is 6. The van der Waals surface area contributed by atoms with Crippen molar-refractivity contribution in [2.45, 2.75) is 38.1 Å². The van der Waals surface area contributed by atoms with E-state index in [2.05, 4.69) is 51.5 Å². The highest BCUT2D eigenvalue weighted by molar-refractivity contribution is 5.78. The van der Waals surface area contributed by atoms with Gasteiger partial charge in [0, 0.05) is 63.6 Å². The van der Waals surface area contributed by atoms with Gasteiger partial charge in [-0.25, -0.2) is 9.78 Å². The van der Waals surface area contributed by atoms with Crippen molar-refractivity contribution in [1.29, 1.82) is 0 Å². The molecule has 1 aliphatic heterocycles. The number of amides is 1. The zero-order valence-corrected chi connectivity index (χ0v) is 22.7. The number of aryl methyl sites for hydroxylation is 1. The number of aromatic nitrogens is 4. The summed E-state index contributed by atoms with van der Waals surface area (Å²) in [6.07, 6.45) is 5.81. The zero-order chi connectivity index (χ0) is 27.1. The predicted molar refractivity (Wildman–Crippen MR) is 155 cm³/mol. The van der Waals surface area contributed by atoms with Crippen molar-refractivity contribution in [2.75, 3.05) is 32.1 Å². The number of aromatic amines is 1. The van der Waals surface area contributed by atoms with Crippen molar-refractivity contribution in [1.82, 2.24) is 23.8 Å². The lowest BCUT2D eigenvalue weighted by Crippen LogP contribution is -2.41. The lowest BCUT2D eigenvalue weighted by Gasteiger charge is -2.33. The first kappa shape index (κ1) is 25.0. The Morgan fingerprint density at radius 3 is 2.54 bits per heavy atom. The number of carbonyl (C=O) groups is 1. The largest absolute Gasteiger partial charge is 0.378 e. The molecule has 200 valence electrons. The monoisotopic (exact) mass is 522 g/mol. The molecule has 1 saturated heterocycles. The fraction of sp³-hybridized carbons (Fsp3) is 0.323. The Kier molecular flexibility index (Phi) is 6.46. The number of hydrogen-bond donors (Lipinski definition) is 1. The summed E-state index contributed by atoms with van der Waals surface area (Å²) < 4.78 is 3.98. The fourth-order valence-corrected chi connectivity index (χ4v) is 5.94. The molecule has 0 bridgehead atoms. The number of nitrogens with one attached hydrogen (secondary N) is 1. The third-order valence-electron chi connectivity index (χ3n) is 8.11. The first-order valence-electron chi connectivity index (χ1n) is 13.6. The van der Waals surface area contributed by atoms with Crippen LogP contribution in [-0.2, 0) is 4.79 Å². The van der Waals surface area contributed by atoms with Crippen molar-refractivity contribution in [3.8, 4) is 0 Å². The van der Waals surface area contributed by atoms with Gasteiger partial charge in [0.1, 0.15) is 5.65 Å². The van der Waals surface area contributed by atoms with Crippen molar-refractivity contribution >= 4 is 28.3 Å². The minimum atomic E-state index is -0.125. The van der Waals surface area contributed by atoms with E-state index in [0.717, 1.165) is 52.0 Å². The van der Waals surface area contributed by atoms with Gasteiger partial charge in [-0.3, -0.25) is 9.36 Å². The third kappa shape index (κ3) is 4.60. The zero-order valence-electron chi connectivity index (χ0n) is 22.7. The molecular weight excluding hydrogens is 488 g/mol. The maximum Gasteiger partial charge on any atom is 0.326 e. The summed E-state index contributed by atoms with van der Waals surface area (Å²) in [6.45, 7) is 3.32. The van der Waals surface area contributed by atoms with Gasteiger partial charge in [-0.05, 0) is 61.2 Å². The van der Waals surface area contributed by atoms with Gasteiger partial charge >= 0.3 is 5.69 Å². The van der Waals surface area contributed by atoms with Crippen LogP contribution in [-0.4, -0.2) is 56.9 Å².